The Balaban J connectivity index is 2.65. The normalized spacial score (nSPS) is 10.5. The lowest BCUT2D eigenvalue weighted by atomic mass is 10.1. The van der Waals surface area contributed by atoms with Crippen molar-refractivity contribution >= 4 is 11.9 Å². The number of rotatable bonds is 8. The lowest BCUT2D eigenvalue weighted by molar-refractivity contribution is -0.142. The minimum atomic E-state index is -0.318. The van der Waals surface area contributed by atoms with E-state index in [0.717, 1.165) is 16.9 Å². The topological polar surface area (TPSA) is 55.8 Å². The minimum absolute atomic E-state index is 0.0296. The third-order valence-corrected chi connectivity index (χ3v) is 3.66. The van der Waals surface area contributed by atoms with Gasteiger partial charge in [-0.1, -0.05) is 26.0 Å². The van der Waals surface area contributed by atoms with Gasteiger partial charge in [-0.15, -0.1) is 0 Å². The van der Waals surface area contributed by atoms with E-state index in [1.165, 1.54) is 7.11 Å². The monoisotopic (exact) mass is 321 g/mol. The Hall–Kier alpha value is -2.04. The first-order chi connectivity index (χ1) is 10.8. The summed E-state index contributed by atoms with van der Waals surface area (Å²) in [5, 5.41) is 0. The Morgan fingerprint density at radius 3 is 2.52 bits per heavy atom. The molecule has 0 aromatic heterocycles. The van der Waals surface area contributed by atoms with Crippen molar-refractivity contribution in [1.29, 1.82) is 0 Å². The maximum atomic E-state index is 12.4. The highest BCUT2D eigenvalue weighted by molar-refractivity contribution is 5.78. The number of carbonyl (C=O) groups excluding carboxylic acids is 2. The number of benzene rings is 1. The fourth-order valence-corrected chi connectivity index (χ4v) is 2.20. The summed E-state index contributed by atoms with van der Waals surface area (Å²) in [6, 6.07) is 5.77. The molecule has 0 saturated carbocycles. The number of nitrogens with zero attached hydrogens (tertiary/aromatic N) is 1. The zero-order chi connectivity index (χ0) is 17.4. The first kappa shape index (κ1) is 19.0. The highest BCUT2D eigenvalue weighted by Gasteiger charge is 2.17. The molecule has 5 nitrogen and oxygen atoms in total. The van der Waals surface area contributed by atoms with Gasteiger partial charge in [0.05, 0.1) is 13.5 Å². The van der Waals surface area contributed by atoms with Crippen LogP contribution in [0.15, 0.2) is 18.2 Å². The summed E-state index contributed by atoms with van der Waals surface area (Å²) in [6.45, 7) is 8.95. The second-order valence-corrected chi connectivity index (χ2v) is 6.05. The number of hydrogen-bond donors (Lipinski definition) is 0. The third-order valence-electron chi connectivity index (χ3n) is 3.66. The summed E-state index contributed by atoms with van der Waals surface area (Å²) in [6.07, 6.45) is 0.193. The van der Waals surface area contributed by atoms with Crippen LogP contribution < -0.4 is 4.74 Å². The molecule has 0 aliphatic heterocycles. The number of hydrogen-bond acceptors (Lipinski definition) is 4. The standard InChI is InChI=1S/C18H27NO4/c1-13(2)11-19(10-9-18(21)22-5)17(20)12-23-16-8-6-7-14(3)15(16)4/h6-8,13H,9-12H2,1-5H3. The minimum Gasteiger partial charge on any atom is -0.483 e. The van der Waals surface area contributed by atoms with Crippen LogP contribution in [0.1, 0.15) is 31.4 Å². The summed E-state index contributed by atoms with van der Waals surface area (Å²) < 4.78 is 10.3. The van der Waals surface area contributed by atoms with Crippen molar-refractivity contribution in [3.8, 4) is 5.75 Å². The Kier molecular flexibility index (Phi) is 7.59. The summed E-state index contributed by atoms with van der Waals surface area (Å²) in [4.78, 5) is 25.4. The smallest absolute Gasteiger partial charge is 0.307 e. The molecule has 0 spiro atoms. The molecular formula is C18H27NO4. The van der Waals surface area contributed by atoms with Crippen LogP contribution in [0.5, 0.6) is 5.75 Å². The molecule has 0 bridgehead atoms. The molecule has 1 amide bonds. The van der Waals surface area contributed by atoms with Crippen molar-refractivity contribution in [2.24, 2.45) is 5.92 Å². The van der Waals surface area contributed by atoms with Gasteiger partial charge in [0.15, 0.2) is 6.61 Å². The molecule has 1 rings (SSSR count). The van der Waals surface area contributed by atoms with Gasteiger partial charge in [-0.05, 0) is 37.0 Å². The second-order valence-electron chi connectivity index (χ2n) is 6.05. The molecule has 0 fully saturated rings. The van der Waals surface area contributed by atoms with Crippen LogP contribution >= 0.6 is 0 Å². The van der Waals surface area contributed by atoms with E-state index in [1.807, 2.05) is 45.9 Å². The van der Waals surface area contributed by atoms with Crippen molar-refractivity contribution < 1.29 is 19.1 Å². The van der Waals surface area contributed by atoms with E-state index in [0.29, 0.717) is 19.0 Å². The van der Waals surface area contributed by atoms with Crippen molar-refractivity contribution in [2.45, 2.75) is 34.1 Å². The number of amides is 1. The van der Waals surface area contributed by atoms with Crippen LogP contribution in [0, 0.1) is 19.8 Å². The van der Waals surface area contributed by atoms with Gasteiger partial charge in [0.1, 0.15) is 5.75 Å². The van der Waals surface area contributed by atoms with Crippen LogP contribution in [-0.2, 0) is 14.3 Å². The number of aryl methyl sites for hydroxylation is 1. The van der Waals surface area contributed by atoms with Crippen molar-refractivity contribution in [3.63, 3.8) is 0 Å². The molecule has 0 atom stereocenters. The molecular weight excluding hydrogens is 294 g/mol. The summed E-state index contributed by atoms with van der Waals surface area (Å²) in [7, 11) is 1.35. The summed E-state index contributed by atoms with van der Waals surface area (Å²) >= 11 is 0. The zero-order valence-electron chi connectivity index (χ0n) is 14.7. The summed E-state index contributed by atoms with van der Waals surface area (Å²) in [5.74, 6) is 0.596. The molecule has 1 aromatic carbocycles. The van der Waals surface area contributed by atoms with Crippen LogP contribution in [0.2, 0.25) is 0 Å². The number of carbonyl (C=O) groups is 2. The fourth-order valence-electron chi connectivity index (χ4n) is 2.20. The van der Waals surface area contributed by atoms with Crippen molar-refractivity contribution in [3.05, 3.63) is 29.3 Å². The molecule has 128 valence electrons. The van der Waals surface area contributed by atoms with Gasteiger partial charge in [-0.3, -0.25) is 9.59 Å². The zero-order valence-corrected chi connectivity index (χ0v) is 14.7. The van der Waals surface area contributed by atoms with Gasteiger partial charge in [0.2, 0.25) is 0 Å². The maximum Gasteiger partial charge on any atom is 0.307 e. The van der Waals surface area contributed by atoms with E-state index in [-0.39, 0.29) is 24.9 Å². The predicted octanol–water partition coefficient (Wildman–Crippen LogP) is 2.73. The third kappa shape index (κ3) is 6.30. The van der Waals surface area contributed by atoms with Gasteiger partial charge < -0.3 is 14.4 Å². The van der Waals surface area contributed by atoms with Gasteiger partial charge in [0, 0.05) is 13.1 Å². The van der Waals surface area contributed by atoms with Crippen molar-refractivity contribution in [1.82, 2.24) is 4.90 Å². The quantitative estimate of drug-likeness (QED) is 0.691. The van der Waals surface area contributed by atoms with Crippen LogP contribution in [0.25, 0.3) is 0 Å². The molecule has 0 radical (unpaired) electrons. The highest BCUT2D eigenvalue weighted by Crippen LogP contribution is 2.20. The molecule has 0 aliphatic carbocycles. The molecule has 0 heterocycles. The summed E-state index contributed by atoms with van der Waals surface area (Å²) in [5.41, 5.74) is 2.16. The Bertz CT molecular complexity index is 540. The van der Waals surface area contributed by atoms with E-state index in [2.05, 4.69) is 4.74 Å². The lowest BCUT2D eigenvalue weighted by Gasteiger charge is -2.24. The van der Waals surface area contributed by atoms with E-state index in [9.17, 15) is 9.59 Å². The Morgan fingerprint density at radius 2 is 1.91 bits per heavy atom. The van der Waals surface area contributed by atoms with Crippen LogP contribution in [0.3, 0.4) is 0 Å². The van der Waals surface area contributed by atoms with Gasteiger partial charge >= 0.3 is 5.97 Å². The molecule has 0 unspecified atom stereocenters. The van der Waals surface area contributed by atoms with E-state index in [4.69, 9.17) is 4.74 Å². The number of methoxy groups -OCH3 is 1. The average molecular weight is 321 g/mol. The highest BCUT2D eigenvalue weighted by atomic mass is 16.5. The van der Waals surface area contributed by atoms with Gasteiger partial charge in [0.25, 0.3) is 5.91 Å². The number of esters is 1. The van der Waals surface area contributed by atoms with E-state index >= 15 is 0 Å². The molecule has 1 aromatic rings. The first-order valence-corrected chi connectivity index (χ1v) is 7.88. The van der Waals surface area contributed by atoms with Gasteiger partial charge in [-0.25, -0.2) is 0 Å². The largest absolute Gasteiger partial charge is 0.483 e. The SMILES string of the molecule is COC(=O)CCN(CC(C)C)C(=O)COc1cccc(C)c1C. The Labute approximate surface area is 138 Å². The molecule has 23 heavy (non-hydrogen) atoms. The predicted molar refractivity (Wildman–Crippen MR) is 89.5 cm³/mol. The Morgan fingerprint density at radius 1 is 1.22 bits per heavy atom. The van der Waals surface area contributed by atoms with E-state index in [1.54, 1.807) is 4.90 Å². The second kappa shape index (κ2) is 9.18. The number of ether oxygens (including phenoxy) is 2. The molecule has 0 aliphatic rings. The molecule has 0 N–H and O–H groups in total. The lowest BCUT2D eigenvalue weighted by Crippen LogP contribution is -2.39. The van der Waals surface area contributed by atoms with Crippen molar-refractivity contribution in [2.75, 3.05) is 26.8 Å². The molecule has 5 heteroatoms. The van der Waals surface area contributed by atoms with Crippen LogP contribution in [0.4, 0.5) is 0 Å². The average Bonchev–Trinajstić information content (AvgIpc) is 2.51. The first-order valence-electron chi connectivity index (χ1n) is 7.88. The van der Waals surface area contributed by atoms with Gasteiger partial charge in [-0.2, -0.15) is 0 Å². The van der Waals surface area contributed by atoms with E-state index < -0.39 is 0 Å². The molecule has 0 saturated heterocycles. The fraction of sp³-hybridized carbons (Fsp3) is 0.556. The van der Waals surface area contributed by atoms with Crippen LogP contribution in [-0.4, -0.2) is 43.6 Å². The maximum absolute atomic E-state index is 12.4.